The molecule has 0 fully saturated rings. The van der Waals surface area contributed by atoms with E-state index in [9.17, 15) is 5.11 Å². The fraction of sp³-hybridized carbons (Fsp3) is 0.231. The molecule has 1 aromatic rings. The first kappa shape index (κ1) is 11.5. The fourth-order valence-electron chi connectivity index (χ4n) is 1.27. The molecule has 15 heavy (non-hydrogen) atoms. The monoisotopic (exact) mass is 204 g/mol. The molecule has 0 saturated heterocycles. The smallest absolute Gasteiger partial charge is 0.126 e. The summed E-state index contributed by atoms with van der Waals surface area (Å²) in [6, 6.07) is 7.67. The molecule has 0 saturated carbocycles. The molecule has 1 N–H and O–H groups in total. The normalized spacial score (nSPS) is 12.7. The number of para-hydroxylation sites is 1. The molecule has 0 spiro atoms. The number of methoxy groups -OCH3 is 1. The van der Waals surface area contributed by atoms with Crippen LogP contribution in [0.1, 0.15) is 12.0 Å². The third kappa shape index (κ3) is 3.60. The Kier molecular flexibility index (Phi) is 4.64. The highest BCUT2D eigenvalue weighted by atomic mass is 16.5. The van der Waals surface area contributed by atoms with Gasteiger partial charge in [0.2, 0.25) is 0 Å². The molecule has 0 bridgehead atoms. The van der Waals surface area contributed by atoms with E-state index in [1.165, 1.54) is 0 Å². The molecule has 80 valence electrons. The summed E-state index contributed by atoms with van der Waals surface area (Å²) in [7, 11) is 1.63. The lowest BCUT2D eigenvalue weighted by molar-refractivity contribution is 0.228. The van der Waals surface area contributed by atoms with Crippen LogP contribution >= 0.6 is 0 Å². The summed E-state index contributed by atoms with van der Waals surface area (Å²) < 4.78 is 5.18. The minimum Gasteiger partial charge on any atom is -0.496 e. The summed E-state index contributed by atoms with van der Waals surface area (Å²) >= 11 is 0. The minimum atomic E-state index is -0.479. The zero-order valence-corrected chi connectivity index (χ0v) is 8.89. The average molecular weight is 204 g/mol. The van der Waals surface area contributed by atoms with Crippen molar-refractivity contribution in [3.05, 3.63) is 48.6 Å². The van der Waals surface area contributed by atoms with Crippen LogP contribution in [0.3, 0.4) is 0 Å². The maximum atomic E-state index is 9.48. The Hall–Kier alpha value is -1.54. The molecule has 1 aromatic carbocycles. The van der Waals surface area contributed by atoms with E-state index in [1.54, 1.807) is 19.3 Å². The highest BCUT2D eigenvalue weighted by molar-refractivity contribution is 5.57. The summed E-state index contributed by atoms with van der Waals surface area (Å²) in [6.45, 7) is 3.57. The Morgan fingerprint density at radius 1 is 1.47 bits per heavy atom. The lowest BCUT2D eigenvalue weighted by Gasteiger charge is -2.04. The van der Waals surface area contributed by atoms with Gasteiger partial charge in [0, 0.05) is 5.56 Å². The molecule has 0 radical (unpaired) electrons. The second kappa shape index (κ2) is 6.04. The fourth-order valence-corrected chi connectivity index (χ4v) is 1.27. The van der Waals surface area contributed by atoms with Crippen molar-refractivity contribution in [1.29, 1.82) is 0 Å². The zero-order valence-electron chi connectivity index (χ0n) is 8.89. The first-order valence-electron chi connectivity index (χ1n) is 4.88. The van der Waals surface area contributed by atoms with E-state index in [-0.39, 0.29) is 0 Å². The van der Waals surface area contributed by atoms with Crippen molar-refractivity contribution < 1.29 is 9.84 Å². The molecule has 0 unspecified atom stereocenters. The molecule has 0 amide bonds. The Labute approximate surface area is 90.5 Å². The highest BCUT2D eigenvalue weighted by Crippen LogP contribution is 2.18. The number of benzene rings is 1. The Balaban J connectivity index is 2.74. The van der Waals surface area contributed by atoms with Gasteiger partial charge in [-0.15, -0.1) is 6.58 Å². The quantitative estimate of drug-likeness (QED) is 0.747. The maximum absolute atomic E-state index is 9.48. The topological polar surface area (TPSA) is 29.5 Å². The first-order chi connectivity index (χ1) is 7.27. The van der Waals surface area contributed by atoms with E-state index in [0.717, 1.165) is 11.3 Å². The molecule has 0 heterocycles. The second-order valence-electron chi connectivity index (χ2n) is 3.19. The number of aliphatic hydroxyl groups excluding tert-OH is 1. The summed E-state index contributed by atoms with van der Waals surface area (Å²) in [5.41, 5.74) is 0.961. The van der Waals surface area contributed by atoms with Crippen molar-refractivity contribution in [2.45, 2.75) is 12.5 Å². The average Bonchev–Trinajstić information content (AvgIpc) is 2.27. The van der Waals surface area contributed by atoms with Crippen molar-refractivity contribution in [2.75, 3.05) is 7.11 Å². The third-order valence-electron chi connectivity index (χ3n) is 2.05. The van der Waals surface area contributed by atoms with E-state index in [1.807, 2.05) is 30.3 Å². The molecule has 0 aliphatic carbocycles. The molecule has 1 atom stereocenters. The number of ether oxygens (including phenoxy) is 1. The van der Waals surface area contributed by atoms with Crippen LogP contribution in [0.15, 0.2) is 43.0 Å². The molecule has 0 aromatic heterocycles. The SMILES string of the molecule is C=CC[C@H](O)/C=C/c1ccccc1OC. The zero-order chi connectivity index (χ0) is 11.1. The van der Waals surface area contributed by atoms with E-state index in [2.05, 4.69) is 6.58 Å². The van der Waals surface area contributed by atoms with Gasteiger partial charge in [-0.1, -0.05) is 36.4 Å². The van der Waals surface area contributed by atoms with Gasteiger partial charge in [0.1, 0.15) is 5.75 Å². The number of rotatable bonds is 5. The van der Waals surface area contributed by atoms with Crippen LogP contribution in [0.2, 0.25) is 0 Å². The van der Waals surface area contributed by atoms with Crippen molar-refractivity contribution in [3.63, 3.8) is 0 Å². The number of aliphatic hydroxyl groups is 1. The van der Waals surface area contributed by atoms with Gasteiger partial charge in [-0.25, -0.2) is 0 Å². The van der Waals surface area contributed by atoms with Crippen LogP contribution in [0.4, 0.5) is 0 Å². The van der Waals surface area contributed by atoms with Gasteiger partial charge in [-0.2, -0.15) is 0 Å². The van der Waals surface area contributed by atoms with Crippen molar-refractivity contribution in [3.8, 4) is 5.75 Å². The predicted octanol–water partition coefficient (Wildman–Crippen LogP) is 2.65. The van der Waals surface area contributed by atoms with Crippen molar-refractivity contribution in [2.24, 2.45) is 0 Å². The predicted molar refractivity (Wildman–Crippen MR) is 62.8 cm³/mol. The summed E-state index contributed by atoms with van der Waals surface area (Å²) in [6.07, 6.45) is 5.36. The van der Waals surface area contributed by atoms with Gasteiger partial charge in [-0.3, -0.25) is 0 Å². The van der Waals surface area contributed by atoms with Crippen LogP contribution in [0, 0.1) is 0 Å². The van der Waals surface area contributed by atoms with E-state index in [0.29, 0.717) is 6.42 Å². The first-order valence-corrected chi connectivity index (χ1v) is 4.88. The Morgan fingerprint density at radius 2 is 2.20 bits per heavy atom. The van der Waals surface area contributed by atoms with E-state index < -0.39 is 6.10 Å². The van der Waals surface area contributed by atoms with Crippen LogP contribution < -0.4 is 4.74 Å². The minimum absolute atomic E-state index is 0.479. The van der Waals surface area contributed by atoms with E-state index in [4.69, 9.17) is 4.74 Å². The van der Waals surface area contributed by atoms with E-state index >= 15 is 0 Å². The van der Waals surface area contributed by atoms with Crippen molar-refractivity contribution >= 4 is 6.08 Å². The van der Waals surface area contributed by atoms with Crippen LogP contribution in [-0.4, -0.2) is 18.3 Å². The molecular formula is C13H16O2. The molecule has 0 aliphatic heterocycles. The second-order valence-corrected chi connectivity index (χ2v) is 3.19. The van der Waals surface area contributed by atoms with Crippen molar-refractivity contribution in [1.82, 2.24) is 0 Å². The maximum Gasteiger partial charge on any atom is 0.126 e. The van der Waals surface area contributed by atoms with Gasteiger partial charge in [0.05, 0.1) is 13.2 Å². The highest BCUT2D eigenvalue weighted by Gasteiger charge is 1.98. The van der Waals surface area contributed by atoms with Gasteiger partial charge >= 0.3 is 0 Å². The van der Waals surface area contributed by atoms with Crippen LogP contribution in [0.25, 0.3) is 6.08 Å². The largest absolute Gasteiger partial charge is 0.496 e. The lowest BCUT2D eigenvalue weighted by atomic mass is 10.1. The van der Waals surface area contributed by atoms with Gasteiger partial charge < -0.3 is 9.84 Å². The Morgan fingerprint density at radius 3 is 2.87 bits per heavy atom. The number of hydrogen-bond acceptors (Lipinski definition) is 2. The van der Waals surface area contributed by atoms with Gasteiger partial charge in [-0.05, 0) is 12.5 Å². The van der Waals surface area contributed by atoms with Crippen LogP contribution in [-0.2, 0) is 0 Å². The standard InChI is InChI=1S/C13H16O2/c1-3-6-12(14)10-9-11-7-4-5-8-13(11)15-2/h3-5,7-10,12,14H,1,6H2,2H3/b10-9+/t12-/m0/s1. The number of hydrogen-bond donors (Lipinski definition) is 1. The van der Waals surface area contributed by atoms with Gasteiger partial charge in [0.25, 0.3) is 0 Å². The molecule has 2 heteroatoms. The van der Waals surface area contributed by atoms with Crippen LogP contribution in [0.5, 0.6) is 5.75 Å². The summed E-state index contributed by atoms with van der Waals surface area (Å²) in [5, 5.41) is 9.48. The molecular weight excluding hydrogens is 188 g/mol. The summed E-state index contributed by atoms with van der Waals surface area (Å²) in [5.74, 6) is 0.805. The van der Waals surface area contributed by atoms with Gasteiger partial charge in [0.15, 0.2) is 0 Å². The lowest BCUT2D eigenvalue weighted by Crippen LogP contribution is -1.98. The Bertz CT molecular complexity index is 342. The molecule has 0 aliphatic rings. The molecule has 1 rings (SSSR count). The molecule has 2 nitrogen and oxygen atoms in total. The third-order valence-corrected chi connectivity index (χ3v) is 2.05. The summed E-state index contributed by atoms with van der Waals surface area (Å²) in [4.78, 5) is 0.